The Kier molecular flexibility index (Phi) is 6.32. The van der Waals surface area contributed by atoms with Gasteiger partial charge in [-0.2, -0.15) is 0 Å². The van der Waals surface area contributed by atoms with Gasteiger partial charge in [-0.1, -0.05) is 19.4 Å². The van der Waals surface area contributed by atoms with Crippen molar-refractivity contribution >= 4 is 17.4 Å². The number of aliphatic hydroxyl groups excluding tert-OH is 1. The fourth-order valence-electron chi connectivity index (χ4n) is 3.55. The number of hydrogen-bond donors (Lipinski definition) is 1. The maximum Gasteiger partial charge on any atom is 0.295 e. The van der Waals surface area contributed by atoms with Crippen LogP contribution in [0.2, 0.25) is 0 Å². The van der Waals surface area contributed by atoms with Crippen LogP contribution in [0.4, 0.5) is 0 Å². The van der Waals surface area contributed by atoms with Gasteiger partial charge in [-0.15, -0.1) is 0 Å². The second kappa shape index (κ2) is 8.90. The summed E-state index contributed by atoms with van der Waals surface area (Å²) in [7, 11) is 0. The number of benzene rings is 1. The van der Waals surface area contributed by atoms with E-state index in [1.807, 2.05) is 26.8 Å². The van der Waals surface area contributed by atoms with Gasteiger partial charge in [0.15, 0.2) is 0 Å². The van der Waals surface area contributed by atoms with Crippen molar-refractivity contribution in [1.82, 2.24) is 9.88 Å². The molecule has 3 rings (SSSR count). The molecule has 0 aliphatic carbocycles. The lowest BCUT2D eigenvalue weighted by Crippen LogP contribution is -2.31. The van der Waals surface area contributed by atoms with E-state index in [2.05, 4.69) is 4.98 Å². The lowest BCUT2D eigenvalue weighted by Gasteiger charge is -2.24. The number of likely N-dealkylation sites (tertiary alicyclic amines) is 1. The van der Waals surface area contributed by atoms with Gasteiger partial charge in [-0.25, -0.2) is 0 Å². The van der Waals surface area contributed by atoms with Crippen LogP contribution in [0.15, 0.2) is 48.2 Å². The zero-order chi connectivity index (χ0) is 21.0. The lowest BCUT2D eigenvalue weighted by atomic mass is 9.97. The third-order valence-corrected chi connectivity index (χ3v) is 5.01. The SMILES string of the molecule is CCCCN1C(=O)C(=O)/C(=C(\O)c2ccc(OCC)c(C)c2)C1c1ccccn1. The van der Waals surface area contributed by atoms with E-state index < -0.39 is 17.7 Å². The Morgan fingerprint density at radius 1 is 1.21 bits per heavy atom. The van der Waals surface area contributed by atoms with Gasteiger partial charge in [-0.3, -0.25) is 14.6 Å². The molecule has 1 unspecified atom stereocenters. The van der Waals surface area contributed by atoms with Gasteiger partial charge in [0, 0.05) is 18.3 Å². The van der Waals surface area contributed by atoms with E-state index in [0.717, 1.165) is 18.4 Å². The van der Waals surface area contributed by atoms with Crippen LogP contribution < -0.4 is 4.74 Å². The molecular formula is C23H26N2O4. The van der Waals surface area contributed by atoms with Gasteiger partial charge in [0.25, 0.3) is 11.7 Å². The maximum absolute atomic E-state index is 12.9. The molecule has 1 aliphatic heterocycles. The first-order chi connectivity index (χ1) is 14.0. The van der Waals surface area contributed by atoms with Gasteiger partial charge >= 0.3 is 0 Å². The number of Topliss-reactive ketones (excluding diaryl/α,β-unsaturated/α-hetero) is 1. The number of aliphatic hydroxyl groups is 1. The summed E-state index contributed by atoms with van der Waals surface area (Å²) in [5.41, 5.74) is 1.95. The molecule has 0 saturated carbocycles. The first kappa shape index (κ1) is 20.6. The highest BCUT2D eigenvalue weighted by Crippen LogP contribution is 2.39. The minimum Gasteiger partial charge on any atom is -0.507 e. The van der Waals surface area contributed by atoms with Crippen molar-refractivity contribution in [3.63, 3.8) is 0 Å². The number of carbonyl (C=O) groups is 2. The van der Waals surface area contributed by atoms with Gasteiger partial charge in [0.05, 0.1) is 17.9 Å². The van der Waals surface area contributed by atoms with E-state index in [1.165, 1.54) is 4.90 Å². The lowest BCUT2D eigenvalue weighted by molar-refractivity contribution is -0.140. The normalized spacial score (nSPS) is 18.3. The first-order valence-corrected chi connectivity index (χ1v) is 9.92. The van der Waals surface area contributed by atoms with Crippen LogP contribution in [0, 0.1) is 6.92 Å². The molecule has 1 amide bonds. The molecule has 1 saturated heterocycles. The molecule has 6 nitrogen and oxygen atoms in total. The topological polar surface area (TPSA) is 79.7 Å². The molecule has 1 fully saturated rings. The van der Waals surface area contributed by atoms with Crippen LogP contribution >= 0.6 is 0 Å². The molecule has 1 aliphatic rings. The molecule has 152 valence electrons. The summed E-state index contributed by atoms with van der Waals surface area (Å²) in [5, 5.41) is 11.0. The van der Waals surface area contributed by atoms with Gasteiger partial charge in [0.2, 0.25) is 0 Å². The Labute approximate surface area is 170 Å². The van der Waals surface area contributed by atoms with Gasteiger partial charge in [-0.05, 0) is 56.2 Å². The number of amides is 1. The Bertz CT molecular complexity index is 937. The Hall–Kier alpha value is -3.15. The van der Waals surface area contributed by atoms with E-state index in [-0.39, 0.29) is 11.3 Å². The maximum atomic E-state index is 12.9. The van der Waals surface area contributed by atoms with Crippen LogP contribution in [0.5, 0.6) is 5.75 Å². The molecule has 1 aromatic carbocycles. The summed E-state index contributed by atoms with van der Waals surface area (Å²) in [6.45, 7) is 6.76. The van der Waals surface area contributed by atoms with Gasteiger partial charge in [0.1, 0.15) is 17.6 Å². The fraction of sp³-hybridized carbons (Fsp3) is 0.348. The minimum absolute atomic E-state index is 0.0772. The number of aromatic nitrogens is 1. The van der Waals surface area contributed by atoms with E-state index >= 15 is 0 Å². The third-order valence-electron chi connectivity index (χ3n) is 5.01. The average molecular weight is 394 g/mol. The van der Waals surface area contributed by atoms with Crippen LogP contribution in [0.1, 0.15) is 49.6 Å². The predicted molar refractivity (Wildman–Crippen MR) is 111 cm³/mol. The Balaban J connectivity index is 2.12. The molecule has 0 bridgehead atoms. The molecule has 29 heavy (non-hydrogen) atoms. The summed E-state index contributed by atoms with van der Waals surface area (Å²) in [6, 6.07) is 9.87. The summed E-state index contributed by atoms with van der Waals surface area (Å²) in [5.74, 6) is -0.753. The van der Waals surface area contributed by atoms with Crippen molar-refractivity contribution in [2.45, 2.75) is 39.7 Å². The molecule has 1 N–H and O–H groups in total. The number of carbonyl (C=O) groups excluding carboxylic acids is 2. The summed E-state index contributed by atoms with van der Waals surface area (Å²) < 4.78 is 5.55. The molecular weight excluding hydrogens is 368 g/mol. The van der Waals surface area contributed by atoms with Crippen molar-refractivity contribution < 1.29 is 19.4 Å². The average Bonchev–Trinajstić information content (AvgIpc) is 2.98. The van der Waals surface area contributed by atoms with Crippen molar-refractivity contribution in [1.29, 1.82) is 0 Å². The summed E-state index contributed by atoms with van der Waals surface area (Å²) in [6.07, 6.45) is 3.27. The number of rotatable bonds is 7. The third kappa shape index (κ3) is 4.01. The van der Waals surface area contributed by atoms with Crippen LogP contribution in [0.3, 0.4) is 0 Å². The quantitative estimate of drug-likeness (QED) is 0.436. The molecule has 6 heteroatoms. The second-order valence-corrected chi connectivity index (χ2v) is 7.01. The number of nitrogens with zero attached hydrogens (tertiary/aromatic N) is 2. The molecule has 1 atom stereocenters. The van der Waals surface area contributed by atoms with Crippen molar-refractivity contribution in [3.05, 3.63) is 65.0 Å². The van der Waals surface area contributed by atoms with E-state index in [0.29, 0.717) is 30.2 Å². The van der Waals surface area contributed by atoms with Gasteiger partial charge < -0.3 is 14.7 Å². The summed E-state index contributed by atoms with van der Waals surface area (Å²) >= 11 is 0. The van der Waals surface area contributed by atoms with Crippen molar-refractivity contribution in [2.24, 2.45) is 0 Å². The standard InChI is InChI=1S/C23H26N2O4/c1-4-6-13-25-20(17-9-7-8-12-24-17)19(22(27)23(25)28)21(26)16-10-11-18(29-5-2)15(3)14-16/h7-12,14,20,26H,4-6,13H2,1-3H3/b21-19-. The number of unbranched alkanes of at least 4 members (excludes halogenated alkanes) is 1. The Morgan fingerprint density at radius 2 is 2.00 bits per heavy atom. The largest absolute Gasteiger partial charge is 0.507 e. The van der Waals surface area contributed by atoms with Crippen molar-refractivity contribution in [2.75, 3.05) is 13.2 Å². The molecule has 2 heterocycles. The second-order valence-electron chi connectivity index (χ2n) is 7.01. The smallest absolute Gasteiger partial charge is 0.295 e. The van der Waals surface area contributed by atoms with E-state index in [1.54, 1.807) is 36.5 Å². The highest BCUT2D eigenvalue weighted by Gasteiger charge is 2.46. The molecule has 0 spiro atoms. The molecule has 1 aromatic heterocycles. The van der Waals surface area contributed by atoms with Crippen LogP contribution in [0.25, 0.3) is 5.76 Å². The van der Waals surface area contributed by atoms with E-state index in [9.17, 15) is 14.7 Å². The zero-order valence-electron chi connectivity index (χ0n) is 17.0. The number of ether oxygens (including phenoxy) is 1. The molecule has 2 aromatic rings. The highest BCUT2D eigenvalue weighted by atomic mass is 16.5. The van der Waals surface area contributed by atoms with Crippen LogP contribution in [-0.2, 0) is 9.59 Å². The summed E-state index contributed by atoms with van der Waals surface area (Å²) in [4.78, 5) is 31.5. The first-order valence-electron chi connectivity index (χ1n) is 9.92. The van der Waals surface area contributed by atoms with Crippen LogP contribution in [-0.4, -0.2) is 39.8 Å². The Morgan fingerprint density at radius 3 is 2.62 bits per heavy atom. The number of pyridine rings is 1. The number of hydrogen-bond acceptors (Lipinski definition) is 5. The van der Waals surface area contributed by atoms with E-state index in [4.69, 9.17) is 4.74 Å². The minimum atomic E-state index is -0.699. The molecule has 0 radical (unpaired) electrons. The fourth-order valence-corrected chi connectivity index (χ4v) is 3.55. The van der Waals surface area contributed by atoms with Crippen molar-refractivity contribution in [3.8, 4) is 5.75 Å². The predicted octanol–water partition coefficient (Wildman–Crippen LogP) is 4.01. The monoisotopic (exact) mass is 394 g/mol. The highest BCUT2D eigenvalue weighted by molar-refractivity contribution is 6.46. The number of aryl methyl sites for hydroxylation is 1. The zero-order valence-corrected chi connectivity index (χ0v) is 17.0. The number of ketones is 1.